The van der Waals surface area contributed by atoms with Crippen molar-refractivity contribution in [2.45, 2.75) is 6.42 Å². The van der Waals surface area contributed by atoms with Gasteiger partial charge in [0.1, 0.15) is 13.2 Å². The standard InChI is InChI=1S/C17H16ClNO3S/c18-16-5-3-13(23-16)7-8-19-17(20)6-2-12-1-4-14-15(11-12)22-10-9-21-14/h1-6,11H,7-10H2,(H,19,20). The van der Waals surface area contributed by atoms with Crippen molar-refractivity contribution in [1.29, 1.82) is 0 Å². The van der Waals surface area contributed by atoms with E-state index in [4.69, 9.17) is 21.1 Å². The normalized spacial score (nSPS) is 13.3. The second-order valence-corrected chi connectivity index (χ2v) is 6.78. The van der Waals surface area contributed by atoms with Crippen LogP contribution in [0.3, 0.4) is 0 Å². The molecule has 2 aromatic rings. The Balaban J connectivity index is 1.50. The average Bonchev–Trinajstić information content (AvgIpc) is 2.98. The molecule has 1 aromatic heterocycles. The third-order valence-corrected chi connectivity index (χ3v) is 4.58. The van der Waals surface area contributed by atoms with Gasteiger partial charge in [-0.25, -0.2) is 0 Å². The molecule has 0 bridgehead atoms. The van der Waals surface area contributed by atoms with E-state index in [2.05, 4.69) is 5.32 Å². The monoisotopic (exact) mass is 349 g/mol. The molecule has 2 heterocycles. The highest BCUT2D eigenvalue weighted by Gasteiger charge is 2.10. The highest BCUT2D eigenvalue weighted by Crippen LogP contribution is 2.31. The SMILES string of the molecule is O=C(C=Cc1ccc2c(c1)OCCO2)NCCc1ccc(Cl)s1. The Kier molecular flexibility index (Phi) is 5.20. The predicted molar refractivity (Wildman–Crippen MR) is 92.5 cm³/mol. The summed E-state index contributed by atoms with van der Waals surface area (Å²) >= 11 is 7.40. The molecule has 0 saturated carbocycles. The van der Waals surface area contributed by atoms with E-state index in [-0.39, 0.29) is 5.91 Å². The number of thiophene rings is 1. The van der Waals surface area contributed by atoms with Crippen LogP contribution >= 0.6 is 22.9 Å². The summed E-state index contributed by atoms with van der Waals surface area (Å²) in [6, 6.07) is 9.46. The first-order valence-corrected chi connectivity index (χ1v) is 8.50. The number of hydrogen-bond donors (Lipinski definition) is 1. The maximum atomic E-state index is 11.8. The molecule has 1 amide bonds. The molecule has 3 rings (SSSR count). The lowest BCUT2D eigenvalue weighted by atomic mass is 10.2. The molecular weight excluding hydrogens is 334 g/mol. The van der Waals surface area contributed by atoms with E-state index in [9.17, 15) is 4.79 Å². The highest BCUT2D eigenvalue weighted by molar-refractivity contribution is 7.16. The highest BCUT2D eigenvalue weighted by atomic mass is 35.5. The summed E-state index contributed by atoms with van der Waals surface area (Å²) in [5.41, 5.74) is 0.898. The van der Waals surface area contributed by atoms with Crippen molar-refractivity contribution in [2.24, 2.45) is 0 Å². The number of halogens is 1. The summed E-state index contributed by atoms with van der Waals surface area (Å²) in [6.45, 7) is 1.70. The van der Waals surface area contributed by atoms with Crippen LogP contribution in [0.15, 0.2) is 36.4 Å². The molecule has 1 aromatic carbocycles. The van der Waals surface area contributed by atoms with Gasteiger partial charge in [0.2, 0.25) is 5.91 Å². The Morgan fingerprint density at radius 3 is 2.83 bits per heavy atom. The van der Waals surface area contributed by atoms with Crippen LogP contribution in [0, 0.1) is 0 Å². The van der Waals surface area contributed by atoms with Crippen molar-refractivity contribution in [3.8, 4) is 11.5 Å². The van der Waals surface area contributed by atoms with Gasteiger partial charge in [-0.15, -0.1) is 11.3 Å². The molecule has 0 spiro atoms. The van der Waals surface area contributed by atoms with Crippen molar-refractivity contribution in [2.75, 3.05) is 19.8 Å². The minimum atomic E-state index is -0.123. The number of amides is 1. The number of carbonyl (C=O) groups is 1. The van der Waals surface area contributed by atoms with Gasteiger partial charge < -0.3 is 14.8 Å². The van der Waals surface area contributed by atoms with E-state index in [0.29, 0.717) is 25.5 Å². The predicted octanol–water partition coefficient (Wildman–Crippen LogP) is 3.54. The van der Waals surface area contributed by atoms with Crippen LogP contribution in [0.4, 0.5) is 0 Å². The van der Waals surface area contributed by atoms with Crippen LogP contribution in [0.5, 0.6) is 11.5 Å². The van der Waals surface area contributed by atoms with Crippen molar-refractivity contribution in [3.63, 3.8) is 0 Å². The zero-order valence-electron chi connectivity index (χ0n) is 12.4. The van der Waals surface area contributed by atoms with Gasteiger partial charge >= 0.3 is 0 Å². The third kappa shape index (κ3) is 4.50. The summed E-state index contributed by atoms with van der Waals surface area (Å²) in [7, 11) is 0. The van der Waals surface area contributed by atoms with Gasteiger partial charge in [0.25, 0.3) is 0 Å². The van der Waals surface area contributed by atoms with Crippen LogP contribution in [0.1, 0.15) is 10.4 Å². The zero-order valence-corrected chi connectivity index (χ0v) is 14.0. The molecule has 4 nitrogen and oxygen atoms in total. The van der Waals surface area contributed by atoms with E-state index >= 15 is 0 Å². The molecule has 1 N–H and O–H groups in total. The Hall–Kier alpha value is -1.98. The molecule has 23 heavy (non-hydrogen) atoms. The van der Waals surface area contributed by atoms with Crippen LogP contribution < -0.4 is 14.8 Å². The number of hydrogen-bond acceptors (Lipinski definition) is 4. The first kappa shape index (κ1) is 15.9. The second-order valence-electron chi connectivity index (χ2n) is 4.98. The van der Waals surface area contributed by atoms with Crippen LogP contribution in [-0.4, -0.2) is 25.7 Å². The fourth-order valence-electron chi connectivity index (χ4n) is 2.19. The smallest absolute Gasteiger partial charge is 0.244 e. The number of benzene rings is 1. The fraction of sp³-hybridized carbons (Fsp3) is 0.235. The van der Waals surface area contributed by atoms with E-state index in [1.54, 1.807) is 6.08 Å². The molecule has 0 saturated heterocycles. The van der Waals surface area contributed by atoms with Crippen LogP contribution in [-0.2, 0) is 11.2 Å². The van der Waals surface area contributed by atoms with Gasteiger partial charge in [-0.2, -0.15) is 0 Å². The minimum Gasteiger partial charge on any atom is -0.486 e. The van der Waals surface area contributed by atoms with Gasteiger partial charge in [0.05, 0.1) is 4.34 Å². The molecule has 0 unspecified atom stereocenters. The topological polar surface area (TPSA) is 47.6 Å². The molecular formula is C17H16ClNO3S. The number of carbonyl (C=O) groups excluding carboxylic acids is 1. The maximum Gasteiger partial charge on any atom is 0.244 e. The summed E-state index contributed by atoms with van der Waals surface area (Å²) < 4.78 is 11.8. The largest absolute Gasteiger partial charge is 0.486 e. The van der Waals surface area contributed by atoms with Gasteiger partial charge in [0.15, 0.2) is 11.5 Å². The first-order chi connectivity index (χ1) is 11.2. The van der Waals surface area contributed by atoms with Gasteiger partial charge in [0, 0.05) is 17.5 Å². The number of fused-ring (bicyclic) bond motifs is 1. The summed E-state index contributed by atoms with van der Waals surface area (Å²) in [5, 5.41) is 2.85. The van der Waals surface area contributed by atoms with Gasteiger partial charge in [-0.1, -0.05) is 17.7 Å². The van der Waals surface area contributed by atoms with E-state index < -0.39 is 0 Å². The third-order valence-electron chi connectivity index (χ3n) is 3.29. The quantitative estimate of drug-likeness (QED) is 0.840. The molecule has 0 aliphatic carbocycles. The molecule has 1 aliphatic rings. The first-order valence-electron chi connectivity index (χ1n) is 7.30. The average molecular weight is 350 g/mol. The van der Waals surface area contributed by atoms with Crippen LogP contribution in [0.2, 0.25) is 4.34 Å². The Morgan fingerprint density at radius 1 is 1.22 bits per heavy atom. The lowest BCUT2D eigenvalue weighted by Crippen LogP contribution is -2.23. The Morgan fingerprint density at radius 2 is 2.04 bits per heavy atom. The number of rotatable bonds is 5. The number of nitrogens with one attached hydrogen (secondary N) is 1. The molecule has 120 valence electrons. The summed E-state index contributed by atoms with van der Waals surface area (Å²) in [5.74, 6) is 1.34. The van der Waals surface area contributed by atoms with Crippen LogP contribution in [0.25, 0.3) is 6.08 Å². The molecule has 1 aliphatic heterocycles. The number of ether oxygens (including phenoxy) is 2. The van der Waals surface area contributed by atoms with E-state index in [0.717, 1.165) is 26.9 Å². The molecule has 0 radical (unpaired) electrons. The second kappa shape index (κ2) is 7.53. The summed E-state index contributed by atoms with van der Waals surface area (Å²) in [4.78, 5) is 13.0. The van der Waals surface area contributed by atoms with Crippen molar-refractivity contribution >= 4 is 34.9 Å². The van der Waals surface area contributed by atoms with Gasteiger partial charge in [-0.3, -0.25) is 4.79 Å². The Bertz CT molecular complexity index is 726. The minimum absolute atomic E-state index is 0.123. The van der Waals surface area contributed by atoms with Gasteiger partial charge in [-0.05, 0) is 42.3 Å². The Labute approximate surface area is 143 Å². The summed E-state index contributed by atoms with van der Waals surface area (Å²) in [6.07, 6.45) is 4.06. The van der Waals surface area contributed by atoms with E-state index in [1.165, 1.54) is 17.4 Å². The lowest BCUT2D eigenvalue weighted by molar-refractivity contribution is -0.116. The van der Waals surface area contributed by atoms with Crippen molar-refractivity contribution in [1.82, 2.24) is 5.32 Å². The van der Waals surface area contributed by atoms with Crippen molar-refractivity contribution in [3.05, 3.63) is 51.2 Å². The lowest BCUT2D eigenvalue weighted by Gasteiger charge is -2.18. The zero-order chi connectivity index (χ0) is 16.1. The van der Waals surface area contributed by atoms with E-state index in [1.807, 2.05) is 30.3 Å². The molecule has 0 atom stereocenters. The maximum absolute atomic E-state index is 11.8. The van der Waals surface area contributed by atoms with Crippen molar-refractivity contribution < 1.29 is 14.3 Å². The fourth-order valence-corrected chi connectivity index (χ4v) is 3.28. The molecule has 6 heteroatoms. The molecule has 0 fully saturated rings.